The summed E-state index contributed by atoms with van der Waals surface area (Å²) in [5.41, 5.74) is 3.02. The summed E-state index contributed by atoms with van der Waals surface area (Å²) in [4.78, 5) is 10.7. The molecule has 0 rings (SSSR count). The summed E-state index contributed by atoms with van der Waals surface area (Å²) in [6.45, 7) is 1.95. The van der Waals surface area contributed by atoms with Gasteiger partial charge in [0.15, 0.2) is 0 Å². The third-order valence-electron chi connectivity index (χ3n) is 1.74. The Morgan fingerprint density at radius 1 is 1.38 bits per heavy atom. The molecule has 0 aliphatic carbocycles. The second-order valence-electron chi connectivity index (χ2n) is 2.83. The van der Waals surface area contributed by atoms with Crippen molar-refractivity contribution in [3.63, 3.8) is 0 Å². The smallest absolute Gasteiger partial charge is 0.305 e. The molecule has 0 radical (unpaired) electrons. The summed E-state index contributed by atoms with van der Waals surface area (Å²) < 4.78 is 4.53. The van der Waals surface area contributed by atoms with E-state index in [1.807, 2.05) is 19.1 Å². The van der Waals surface area contributed by atoms with Crippen molar-refractivity contribution in [3.8, 4) is 0 Å². The van der Waals surface area contributed by atoms with E-state index in [2.05, 4.69) is 10.5 Å². The minimum atomic E-state index is -0.107. The van der Waals surface area contributed by atoms with Gasteiger partial charge in [0.2, 0.25) is 0 Å². The number of esters is 1. The van der Waals surface area contributed by atoms with Gasteiger partial charge in [0.05, 0.1) is 7.11 Å². The van der Waals surface area contributed by atoms with Crippen LogP contribution in [-0.2, 0) is 9.53 Å². The van der Waals surface area contributed by atoms with Gasteiger partial charge in [-0.3, -0.25) is 4.79 Å². The summed E-state index contributed by atoms with van der Waals surface area (Å²) in [5.74, 6) is -0.107. The van der Waals surface area contributed by atoms with Crippen LogP contribution >= 0.6 is 0 Å². The topological polar surface area (TPSA) is 26.3 Å². The Morgan fingerprint density at radius 3 is 2.77 bits per heavy atom. The lowest BCUT2D eigenvalue weighted by molar-refractivity contribution is -0.140. The zero-order valence-electron chi connectivity index (χ0n) is 8.51. The van der Waals surface area contributed by atoms with E-state index < -0.39 is 0 Å². The van der Waals surface area contributed by atoms with Crippen LogP contribution in [0.15, 0.2) is 17.9 Å². The lowest BCUT2D eigenvalue weighted by atomic mass is 10.1. The van der Waals surface area contributed by atoms with Crippen molar-refractivity contribution in [1.29, 1.82) is 0 Å². The molecule has 0 bridgehead atoms. The molecule has 0 aliphatic rings. The molecule has 0 atom stereocenters. The quantitative estimate of drug-likeness (QED) is 0.358. The Morgan fingerprint density at radius 2 is 2.15 bits per heavy atom. The van der Waals surface area contributed by atoms with Gasteiger partial charge in [-0.1, -0.05) is 6.42 Å². The second kappa shape index (κ2) is 9.08. The van der Waals surface area contributed by atoms with Gasteiger partial charge in [-0.25, -0.2) is 0 Å². The van der Waals surface area contributed by atoms with Crippen LogP contribution < -0.4 is 0 Å². The first kappa shape index (κ1) is 12.0. The molecule has 0 aliphatic heterocycles. The maximum absolute atomic E-state index is 10.7. The number of hydrogen-bond acceptors (Lipinski definition) is 2. The van der Waals surface area contributed by atoms with Crippen LogP contribution in [0.3, 0.4) is 0 Å². The normalized spacial score (nSPS) is 8.77. The van der Waals surface area contributed by atoms with Crippen LogP contribution in [0.1, 0.15) is 39.0 Å². The number of hydrogen-bond donors (Lipinski definition) is 0. The molecule has 0 heterocycles. The maximum Gasteiger partial charge on any atom is 0.305 e. The summed E-state index contributed by atoms with van der Waals surface area (Å²) in [6.07, 6.45) is 8.65. The Bertz CT molecular complexity index is 184. The van der Waals surface area contributed by atoms with E-state index in [-0.39, 0.29) is 5.97 Å². The molecule has 2 nitrogen and oxygen atoms in total. The fraction of sp³-hybridized carbons (Fsp3) is 0.636. The van der Waals surface area contributed by atoms with Crippen molar-refractivity contribution in [2.45, 2.75) is 39.0 Å². The zero-order valence-corrected chi connectivity index (χ0v) is 8.51. The van der Waals surface area contributed by atoms with Crippen LogP contribution in [-0.4, -0.2) is 13.1 Å². The molecule has 74 valence electrons. The number of carbonyl (C=O) groups excluding carboxylic acids is 1. The maximum atomic E-state index is 10.7. The molecule has 0 saturated heterocycles. The van der Waals surface area contributed by atoms with E-state index in [1.54, 1.807) is 0 Å². The number of carbonyl (C=O) groups is 1. The number of rotatable bonds is 6. The first-order chi connectivity index (χ1) is 6.31. The molecular weight excluding hydrogens is 164 g/mol. The highest BCUT2D eigenvalue weighted by Gasteiger charge is 1.97. The Labute approximate surface area is 80.3 Å². The number of unbranched alkanes of at least 4 members (excludes halogenated alkanes) is 3. The summed E-state index contributed by atoms with van der Waals surface area (Å²) in [6, 6.07) is 0. The molecule has 0 aromatic carbocycles. The molecule has 0 aromatic heterocycles. The van der Waals surface area contributed by atoms with Crippen LogP contribution in [0.4, 0.5) is 0 Å². The van der Waals surface area contributed by atoms with Crippen LogP contribution in [0.2, 0.25) is 0 Å². The fourth-order valence-electron chi connectivity index (χ4n) is 0.996. The number of methoxy groups -OCH3 is 1. The molecular formula is C11H18O2. The van der Waals surface area contributed by atoms with Crippen molar-refractivity contribution in [2.24, 2.45) is 0 Å². The molecule has 0 N–H and O–H groups in total. The van der Waals surface area contributed by atoms with Crippen molar-refractivity contribution in [3.05, 3.63) is 17.9 Å². The third kappa shape index (κ3) is 8.90. The van der Waals surface area contributed by atoms with Gasteiger partial charge < -0.3 is 4.74 Å². The third-order valence-corrected chi connectivity index (χ3v) is 1.74. The molecule has 2 heteroatoms. The first-order valence-electron chi connectivity index (χ1n) is 4.73. The van der Waals surface area contributed by atoms with Crippen LogP contribution in [0.25, 0.3) is 0 Å². The summed E-state index contributed by atoms with van der Waals surface area (Å²) in [5, 5.41) is 0. The van der Waals surface area contributed by atoms with Gasteiger partial charge in [-0.15, -0.1) is 5.73 Å². The highest BCUT2D eigenvalue weighted by atomic mass is 16.5. The zero-order chi connectivity index (χ0) is 9.94. The molecule has 0 unspecified atom stereocenters. The van der Waals surface area contributed by atoms with Crippen molar-refractivity contribution in [2.75, 3.05) is 7.11 Å². The average Bonchev–Trinajstić information content (AvgIpc) is 2.16. The predicted octanol–water partition coefficient (Wildman–Crippen LogP) is 2.84. The highest BCUT2D eigenvalue weighted by Crippen LogP contribution is 2.03. The van der Waals surface area contributed by atoms with E-state index in [9.17, 15) is 4.79 Å². The summed E-state index contributed by atoms with van der Waals surface area (Å²) in [7, 11) is 1.43. The second-order valence-corrected chi connectivity index (χ2v) is 2.83. The molecule has 0 aromatic rings. The number of allylic oxidation sites excluding steroid dienone is 1. The Hall–Kier alpha value is -1.01. The minimum absolute atomic E-state index is 0.107. The van der Waals surface area contributed by atoms with E-state index in [1.165, 1.54) is 7.11 Å². The average molecular weight is 182 g/mol. The van der Waals surface area contributed by atoms with E-state index in [0.29, 0.717) is 6.42 Å². The SMILES string of the molecule is CC=C=CCCCCCC(=O)OC. The van der Waals surface area contributed by atoms with Crippen molar-refractivity contribution in [1.82, 2.24) is 0 Å². The molecule has 13 heavy (non-hydrogen) atoms. The Kier molecular flexibility index (Phi) is 8.38. The van der Waals surface area contributed by atoms with E-state index in [0.717, 1.165) is 25.7 Å². The Balaban J connectivity index is 3.17. The van der Waals surface area contributed by atoms with Gasteiger partial charge >= 0.3 is 5.97 Å². The molecule has 0 spiro atoms. The predicted molar refractivity (Wildman–Crippen MR) is 53.4 cm³/mol. The highest BCUT2D eigenvalue weighted by molar-refractivity contribution is 5.68. The van der Waals surface area contributed by atoms with Gasteiger partial charge in [0.25, 0.3) is 0 Å². The monoisotopic (exact) mass is 182 g/mol. The van der Waals surface area contributed by atoms with Gasteiger partial charge in [0, 0.05) is 6.42 Å². The minimum Gasteiger partial charge on any atom is -0.469 e. The fourth-order valence-corrected chi connectivity index (χ4v) is 0.996. The van der Waals surface area contributed by atoms with Crippen molar-refractivity contribution < 1.29 is 9.53 Å². The first-order valence-corrected chi connectivity index (χ1v) is 4.73. The van der Waals surface area contributed by atoms with Gasteiger partial charge in [0.1, 0.15) is 0 Å². The molecule has 0 amide bonds. The lowest BCUT2D eigenvalue weighted by Gasteiger charge is -1.97. The van der Waals surface area contributed by atoms with Gasteiger partial charge in [-0.05, 0) is 38.3 Å². The standard InChI is InChI=1S/C11H18O2/c1-3-4-5-6-7-8-9-10-11(12)13-2/h3,5H,6-10H2,1-2H3. The number of ether oxygens (including phenoxy) is 1. The largest absolute Gasteiger partial charge is 0.469 e. The van der Waals surface area contributed by atoms with E-state index in [4.69, 9.17) is 0 Å². The van der Waals surface area contributed by atoms with E-state index >= 15 is 0 Å². The molecule has 0 saturated carbocycles. The van der Waals surface area contributed by atoms with Crippen LogP contribution in [0, 0.1) is 0 Å². The lowest BCUT2D eigenvalue weighted by Crippen LogP contribution is -1.98. The van der Waals surface area contributed by atoms with Crippen LogP contribution in [0.5, 0.6) is 0 Å². The van der Waals surface area contributed by atoms with Gasteiger partial charge in [-0.2, -0.15) is 0 Å². The summed E-state index contributed by atoms with van der Waals surface area (Å²) >= 11 is 0. The van der Waals surface area contributed by atoms with Crippen molar-refractivity contribution >= 4 is 5.97 Å². The molecule has 0 fully saturated rings.